The van der Waals surface area contributed by atoms with Crippen LogP contribution in [0, 0.1) is 0 Å². The molecule has 0 saturated carbocycles. The van der Waals surface area contributed by atoms with E-state index >= 15 is 0 Å². The van der Waals surface area contributed by atoms with E-state index in [4.69, 9.17) is 16.2 Å². The molecule has 0 aliphatic rings. The zero-order valence-corrected chi connectivity index (χ0v) is 9.22. The quantitative estimate of drug-likeness (QED) is 0.770. The molecule has 5 nitrogen and oxygen atoms in total. The molecule has 1 aromatic carbocycles. The number of nitrogen functional groups attached to an aromatic ring is 1. The van der Waals surface area contributed by atoms with Gasteiger partial charge in [0, 0.05) is 17.3 Å². The van der Waals surface area contributed by atoms with E-state index < -0.39 is 5.91 Å². The van der Waals surface area contributed by atoms with Crippen LogP contribution in [0.15, 0.2) is 30.5 Å². The first-order chi connectivity index (χ1) is 8.18. The molecule has 0 spiro atoms. The van der Waals surface area contributed by atoms with Crippen LogP contribution < -0.4 is 16.2 Å². The standard InChI is InChI=1S/C12H13N3O2/c13-9-3-4-10(17-7-5-11(14)16)12-8(9)2-1-6-15-12/h1-4,6H,5,7,13H2,(H2,14,16). The molecule has 88 valence electrons. The fourth-order valence-corrected chi connectivity index (χ4v) is 1.55. The van der Waals surface area contributed by atoms with Crippen LogP contribution in [0.25, 0.3) is 10.9 Å². The summed E-state index contributed by atoms with van der Waals surface area (Å²) in [4.78, 5) is 14.8. The first-order valence-electron chi connectivity index (χ1n) is 5.23. The molecule has 1 amide bonds. The van der Waals surface area contributed by atoms with E-state index in [9.17, 15) is 4.79 Å². The molecule has 1 aromatic heterocycles. The summed E-state index contributed by atoms with van der Waals surface area (Å²) in [5, 5.41) is 0.837. The number of anilines is 1. The van der Waals surface area contributed by atoms with Crippen molar-refractivity contribution in [3.8, 4) is 5.75 Å². The van der Waals surface area contributed by atoms with E-state index in [1.165, 1.54) is 0 Å². The van der Waals surface area contributed by atoms with Crippen LogP contribution in [-0.4, -0.2) is 17.5 Å². The number of hydrogen-bond acceptors (Lipinski definition) is 4. The molecule has 0 bridgehead atoms. The maximum absolute atomic E-state index is 10.6. The van der Waals surface area contributed by atoms with Crippen molar-refractivity contribution >= 4 is 22.5 Å². The monoisotopic (exact) mass is 231 g/mol. The summed E-state index contributed by atoms with van der Waals surface area (Å²) in [5.41, 5.74) is 12.2. The minimum atomic E-state index is -0.391. The summed E-state index contributed by atoms with van der Waals surface area (Å²) in [6.07, 6.45) is 1.85. The van der Waals surface area contributed by atoms with Crippen molar-refractivity contribution in [3.05, 3.63) is 30.5 Å². The Morgan fingerprint density at radius 2 is 2.18 bits per heavy atom. The number of nitrogens with zero attached hydrogens (tertiary/aromatic N) is 1. The Bertz CT molecular complexity index is 554. The zero-order valence-electron chi connectivity index (χ0n) is 9.22. The molecule has 17 heavy (non-hydrogen) atoms. The Morgan fingerprint density at radius 3 is 2.94 bits per heavy atom. The molecule has 0 saturated heterocycles. The Hall–Kier alpha value is -2.30. The number of nitrogens with two attached hydrogens (primary N) is 2. The third kappa shape index (κ3) is 2.44. The van der Waals surface area contributed by atoms with Gasteiger partial charge in [-0.25, -0.2) is 0 Å². The highest BCUT2D eigenvalue weighted by molar-refractivity contribution is 5.94. The summed E-state index contributed by atoms with van der Waals surface area (Å²) in [7, 11) is 0. The molecule has 0 radical (unpaired) electrons. The Balaban J connectivity index is 2.28. The molecule has 2 rings (SSSR count). The second-order valence-corrected chi connectivity index (χ2v) is 3.62. The van der Waals surface area contributed by atoms with Crippen molar-refractivity contribution < 1.29 is 9.53 Å². The first-order valence-corrected chi connectivity index (χ1v) is 5.23. The lowest BCUT2D eigenvalue weighted by Gasteiger charge is -2.09. The van der Waals surface area contributed by atoms with Gasteiger partial charge in [0.1, 0.15) is 11.3 Å². The van der Waals surface area contributed by atoms with E-state index in [1.54, 1.807) is 18.3 Å². The summed E-state index contributed by atoms with van der Waals surface area (Å²) in [6.45, 7) is 0.241. The van der Waals surface area contributed by atoms with Crippen molar-refractivity contribution in [2.45, 2.75) is 6.42 Å². The van der Waals surface area contributed by atoms with Crippen molar-refractivity contribution in [2.24, 2.45) is 5.73 Å². The van der Waals surface area contributed by atoms with Gasteiger partial charge in [-0.2, -0.15) is 0 Å². The lowest BCUT2D eigenvalue weighted by molar-refractivity contribution is -0.118. The van der Waals surface area contributed by atoms with E-state index in [-0.39, 0.29) is 13.0 Å². The predicted molar refractivity (Wildman–Crippen MR) is 65.5 cm³/mol. The molecule has 1 heterocycles. The predicted octanol–water partition coefficient (Wildman–Crippen LogP) is 1.07. The second kappa shape index (κ2) is 4.69. The van der Waals surface area contributed by atoms with Gasteiger partial charge in [-0.15, -0.1) is 0 Å². The maximum atomic E-state index is 10.6. The summed E-state index contributed by atoms with van der Waals surface area (Å²) in [5.74, 6) is 0.216. The number of benzene rings is 1. The van der Waals surface area contributed by atoms with Gasteiger partial charge in [0.25, 0.3) is 0 Å². The van der Waals surface area contributed by atoms with Gasteiger partial charge >= 0.3 is 0 Å². The highest BCUT2D eigenvalue weighted by Crippen LogP contribution is 2.27. The molecule has 0 atom stereocenters. The average Bonchev–Trinajstić information content (AvgIpc) is 2.32. The minimum absolute atomic E-state index is 0.179. The molecule has 0 aliphatic carbocycles. The van der Waals surface area contributed by atoms with Crippen LogP contribution in [0.2, 0.25) is 0 Å². The zero-order chi connectivity index (χ0) is 12.3. The third-order valence-corrected chi connectivity index (χ3v) is 2.37. The number of fused-ring (bicyclic) bond motifs is 1. The van der Waals surface area contributed by atoms with Crippen LogP contribution in [0.5, 0.6) is 5.75 Å². The second-order valence-electron chi connectivity index (χ2n) is 3.62. The lowest BCUT2D eigenvalue weighted by Crippen LogP contribution is -2.14. The summed E-state index contributed by atoms with van der Waals surface area (Å²) >= 11 is 0. The van der Waals surface area contributed by atoms with Gasteiger partial charge in [-0.05, 0) is 24.3 Å². The van der Waals surface area contributed by atoms with Gasteiger partial charge in [-0.1, -0.05) is 0 Å². The molecule has 2 aromatic rings. The first kappa shape index (κ1) is 11.2. The molecule has 0 fully saturated rings. The van der Waals surface area contributed by atoms with E-state index in [2.05, 4.69) is 4.98 Å². The molecule has 0 unspecified atom stereocenters. The van der Waals surface area contributed by atoms with Gasteiger partial charge in [0.05, 0.1) is 13.0 Å². The van der Waals surface area contributed by atoms with Crippen molar-refractivity contribution in [2.75, 3.05) is 12.3 Å². The highest BCUT2D eigenvalue weighted by atomic mass is 16.5. The topological polar surface area (TPSA) is 91.2 Å². The van der Waals surface area contributed by atoms with Crippen LogP contribution >= 0.6 is 0 Å². The minimum Gasteiger partial charge on any atom is -0.491 e. The number of carbonyl (C=O) groups excluding carboxylic acids is 1. The highest BCUT2D eigenvalue weighted by Gasteiger charge is 2.06. The Labute approximate surface area is 98.4 Å². The van der Waals surface area contributed by atoms with Crippen LogP contribution in [-0.2, 0) is 4.79 Å². The Kier molecular flexibility index (Phi) is 3.09. The van der Waals surface area contributed by atoms with Gasteiger partial charge in [0.15, 0.2) is 0 Å². The fourth-order valence-electron chi connectivity index (χ4n) is 1.55. The normalized spacial score (nSPS) is 10.4. The number of primary amides is 1. The number of pyridine rings is 1. The third-order valence-electron chi connectivity index (χ3n) is 2.37. The number of aromatic nitrogens is 1. The average molecular weight is 231 g/mol. The van der Waals surface area contributed by atoms with Crippen molar-refractivity contribution in [1.82, 2.24) is 4.98 Å². The number of hydrogen-bond donors (Lipinski definition) is 2. The molecule has 0 aliphatic heterocycles. The number of amides is 1. The smallest absolute Gasteiger partial charge is 0.220 e. The van der Waals surface area contributed by atoms with Gasteiger partial charge in [0.2, 0.25) is 5.91 Å². The number of carbonyl (C=O) groups is 1. The van der Waals surface area contributed by atoms with Crippen LogP contribution in [0.1, 0.15) is 6.42 Å². The molecule has 5 heteroatoms. The van der Waals surface area contributed by atoms with Crippen LogP contribution in [0.4, 0.5) is 5.69 Å². The maximum Gasteiger partial charge on any atom is 0.220 e. The number of rotatable bonds is 4. The van der Waals surface area contributed by atoms with E-state index in [0.29, 0.717) is 17.0 Å². The van der Waals surface area contributed by atoms with E-state index in [0.717, 1.165) is 5.39 Å². The van der Waals surface area contributed by atoms with Gasteiger partial charge in [-0.3, -0.25) is 9.78 Å². The summed E-state index contributed by atoms with van der Waals surface area (Å²) in [6, 6.07) is 7.18. The van der Waals surface area contributed by atoms with Crippen molar-refractivity contribution in [3.63, 3.8) is 0 Å². The number of ether oxygens (including phenoxy) is 1. The summed E-state index contributed by atoms with van der Waals surface area (Å²) < 4.78 is 5.47. The molecular formula is C12H13N3O2. The van der Waals surface area contributed by atoms with Crippen molar-refractivity contribution in [1.29, 1.82) is 0 Å². The van der Waals surface area contributed by atoms with Crippen LogP contribution in [0.3, 0.4) is 0 Å². The SMILES string of the molecule is NC(=O)CCOc1ccc(N)c2cccnc12. The van der Waals surface area contributed by atoms with Gasteiger partial charge < -0.3 is 16.2 Å². The fraction of sp³-hybridized carbons (Fsp3) is 0.167. The Morgan fingerprint density at radius 1 is 1.35 bits per heavy atom. The lowest BCUT2D eigenvalue weighted by atomic mass is 10.1. The van der Waals surface area contributed by atoms with E-state index in [1.807, 2.05) is 12.1 Å². The largest absolute Gasteiger partial charge is 0.491 e. The molecule has 4 N–H and O–H groups in total. The molecular weight excluding hydrogens is 218 g/mol.